The lowest BCUT2D eigenvalue weighted by molar-refractivity contribution is 0.0681. The summed E-state index contributed by atoms with van der Waals surface area (Å²) in [5.74, 6) is 0.859. The summed E-state index contributed by atoms with van der Waals surface area (Å²) in [4.78, 5) is 2.28. The fourth-order valence-corrected chi connectivity index (χ4v) is 2.27. The fourth-order valence-electron chi connectivity index (χ4n) is 2.27. The van der Waals surface area contributed by atoms with Crippen LogP contribution >= 0.6 is 0 Å². The van der Waals surface area contributed by atoms with Crippen molar-refractivity contribution >= 4 is 5.69 Å². The molecule has 1 aromatic rings. The maximum Gasteiger partial charge on any atom is 0.119 e. The summed E-state index contributed by atoms with van der Waals surface area (Å²) in [5, 5.41) is 9.84. The van der Waals surface area contributed by atoms with Gasteiger partial charge in [0, 0.05) is 25.3 Å². The van der Waals surface area contributed by atoms with E-state index in [2.05, 4.69) is 4.90 Å². The van der Waals surface area contributed by atoms with Crippen LogP contribution in [0.1, 0.15) is 19.8 Å². The van der Waals surface area contributed by atoms with Gasteiger partial charge in [0.25, 0.3) is 0 Å². The van der Waals surface area contributed by atoms with Gasteiger partial charge >= 0.3 is 0 Å². The third-order valence-electron chi connectivity index (χ3n) is 3.30. The second-order valence-electron chi connectivity index (χ2n) is 5.29. The van der Waals surface area contributed by atoms with Gasteiger partial charge in [-0.25, -0.2) is 0 Å². The van der Waals surface area contributed by atoms with Crippen molar-refractivity contribution < 1.29 is 9.84 Å². The first kappa shape index (κ1) is 13.2. The summed E-state index contributed by atoms with van der Waals surface area (Å²) >= 11 is 0. The predicted octanol–water partition coefficient (Wildman–Crippen LogP) is 1.49. The van der Waals surface area contributed by atoms with Crippen molar-refractivity contribution in [2.24, 2.45) is 0 Å². The Labute approximate surface area is 108 Å². The standard InChI is InChI=1S/C14H22N2O2/c1-14(17)7-9-16(11-14)8-2-10-18-13-5-3-12(15)4-6-13/h3-6,17H,2,7-11,15H2,1H3. The highest BCUT2D eigenvalue weighted by Crippen LogP contribution is 2.20. The lowest BCUT2D eigenvalue weighted by Crippen LogP contribution is -2.30. The summed E-state index contributed by atoms with van der Waals surface area (Å²) in [6.45, 7) is 5.33. The number of benzene rings is 1. The maximum atomic E-state index is 9.84. The van der Waals surface area contributed by atoms with Gasteiger partial charge in [0.1, 0.15) is 5.75 Å². The van der Waals surface area contributed by atoms with Crippen LogP contribution in [0.4, 0.5) is 5.69 Å². The molecule has 1 unspecified atom stereocenters. The molecule has 0 radical (unpaired) electrons. The summed E-state index contributed by atoms with van der Waals surface area (Å²) < 4.78 is 5.63. The minimum absolute atomic E-state index is 0.502. The Hall–Kier alpha value is -1.26. The Kier molecular flexibility index (Phi) is 4.09. The van der Waals surface area contributed by atoms with Gasteiger partial charge in [-0.3, -0.25) is 0 Å². The molecule has 2 rings (SSSR count). The van der Waals surface area contributed by atoms with E-state index in [0.29, 0.717) is 6.61 Å². The van der Waals surface area contributed by atoms with E-state index >= 15 is 0 Å². The zero-order chi connectivity index (χ0) is 13.0. The Morgan fingerprint density at radius 1 is 1.39 bits per heavy atom. The third kappa shape index (κ3) is 3.89. The molecule has 4 heteroatoms. The minimum atomic E-state index is -0.502. The van der Waals surface area contributed by atoms with Crippen molar-refractivity contribution in [3.05, 3.63) is 24.3 Å². The number of nitrogens with two attached hydrogens (primary N) is 1. The molecular weight excluding hydrogens is 228 g/mol. The number of ether oxygens (including phenoxy) is 1. The smallest absolute Gasteiger partial charge is 0.119 e. The van der Waals surface area contributed by atoms with E-state index in [-0.39, 0.29) is 0 Å². The van der Waals surface area contributed by atoms with Gasteiger partial charge in [0.2, 0.25) is 0 Å². The normalized spacial score (nSPS) is 24.3. The topological polar surface area (TPSA) is 58.7 Å². The summed E-state index contributed by atoms with van der Waals surface area (Å²) in [5.41, 5.74) is 5.85. The summed E-state index contributed by atoms with van der Waals surface area (Å²) in [6.07, 6.45) is 1.84. The van der Waals surface area contributed by atoms with Crippen LogP contribution in [-0.2, 0) is 0 Å². The number of hydrogen-bond donors (Lipinski definition) is 2. The van der Waals surface area contributed by atoms with Crippen LogP contribution in [0, 0.1) is 0 Å². The zero-order valence-corrected chi connectivity index (χ0v) is 10.9. The molecule has 1 aromatic carbocycles. The fraction of sp³-hybridized carbons (Fsp3) is 0.571. The van der Waals surface area contributed by atoms with E-state index in [0.717, 1.165) is 43.9 Å². The highest BCUT2D eigenvalue weighted by atomic mass is 16.5. The molecule has 1 fully saturated rings. The van der Waals surface area contributed by atoms with E-state index in [4.69, 9.17) is 10.5 Å². The van der Waals surface area contributed by atoms with Crippen molar-refractivity contribution in [2.75, 3.05) is 32.0 Å². The summed E-state index contributed by atoms with van der Waals surface area (Å²) in [7, 11) is 0. The molecule has 18 heavy (non-hydrogen) atoms. The van der Waals surface area contributed by atoms with Crippen molar-refractivity contribution in [3.63, 3.8) is 0 Å². The average molecular weight is 250 g/mol. The molecule has 0 spiro atoms. The largest absolute Gasteiger partial charge is 0.494 e. The first-order valence-corrected chi connectivity index (χ1v) is 6.48. The van der Waals surface area contributed by atoms with Crippen LogP contribution in [0.5, 0.6) is 5.75 Å². The van der Waals surface area contributed by atoms with Crippen LogP contribution in [0.2, 0.25) is 0 Å². The number of rotatable bonds is 5. The number of β-amino-alcohol motifs (C(OH)–C–C–N with tert-alkyl or cyclic N) is 1. The Balaban J connectivity index is 1.63. The van der Waals surface area contributed by atoms with E-state index in [1.807, 2.05) is 31.2 Å². The van der Waals surface area contributed by atoms with Crippen LogP contribution in [0.25, 0.3) is 0 Å². The van der Waals surface area contributed by atoms with E-state index in [1.54, 1.807) is 0 Å². The summed E-state index contributed by atoms with van der Waals surface area (Å²) in [6, 6.07) is 7.45. The van der Waals surface area contributed by atoms with Crippen LogP contribution in [0.15, 0.2) is 24.3 Å². The van der Waals surface area contributed by atoms with Crippen molar-refractivity contribution in [2.45, 2.75) is 25.4 Å². The molecule has 3 N–H and O–H groups in total. The van der Waals surface area contributed by atoms with Crippen molar-refractivity contribution in [3.8, 4) is 5.75 Å². The number of nitrogens with zero attached hydrogens (tertiary/aromatic N) is 1. The van der Waals surface area contributed by atoms with Crippen molar-refractivity contribution in [1.82, 2.24) is 4.90 Å². The van der Waals surface area contributed by atoms with Crippen LogP contribution < -0.4 is 10.5 Å². The number of likely N-dealkylation sites (tertiary alicyclic amines) is 1. The second-order valence-corrected chi connectivity index (χ2v) is 5.29. The predicted molar refractivity (Wildman–Crippen MR) is 72.6 cm³/mol. The molecular formula is C14H22N2O2. The number of anilines is 1. The molecule has 1 heterocycles. The minimum Gasteiger partial charge on any atom is -0.494 e. The van der Waals surface area contributed by atoms with Gasteiger partial charge < -0.3 is 20.5 Å². The van der Waals surface area contributed by atoms with Gasteiger partial charge in [-0.15, -0.1) is 0 Å². The first-order valence-electron chi connectivity index (χ1n) is 6.48. The van der Waals surface area contributed by atoms with Gasteiger partial charge in [0.05, 0.1) is 12.2 Å². The Morgan fingerprint density at radius 3 is 2.72 bits per heavy atom. The number of aliphatic hydroxyl groups is 1. The molecule has 0 aromatic heterocycles. The molecule has 100 valence electrons. The van der Waals surface area contributed by atoms with Crippen molar-refractivity contribution in [1.29, 1.82) is 0 Å². The maximum absolute atomic E-state index is 9.84. The van der Waals surface area contributed by atoms with Gasteiger partial charge in [0.15, 0.2) is 0 Å². The van der Waals surface area contributed by atoms with Gasteiger partial charge in [-0.2, -0.15) is 0 Å². The van der Waals surface area contributed by atoms with E-state index in [1.165, 1.54) is 0 Å². The van der Waals surface area contributed by atoms with Gasteiger partial charge in [-0.05, 0) is 44.0 Å². The zero-order valence-electron chi connectivity index (χ0n) is 10.9. The Morgan fingerprint density at radius 2 is 2.11 bits per heavy atom. The molecule has 0 aliphatic carbocycles. The first-order chi connectivity index (χ1) is 8.55. The molecule has 1 atom stereocenters. The number of nitrogen functional groups attached to an aromatic ring is 1. The molecule has 4 nitrogen and oxygen atoms in total. The third-order valence-corrected chi connectivity index (χ3v) is 3.30. The second kappa shape index (κ2) is 5.59. The molecule has 1 saturated heterocycles. The monoisotopic (exact) mass is 250 g/mol. The quantitative estimate of drug-likeness (QED) is 0.614. The lowest BCUT2D eigenvalue weighted by atomic mass is 10.1. The molecule has 1 aliphatic heterocycles. The SMILES string of the molecule is CC1(O)CCN(CCCOc2ccc(N)cc2)C1. The van der Waals surface area contributed by atoms with Crippen LogP contribution in [-0.4, -0.2) is 41.8 Å². The van der Waals surface area contributed by atoms with E-state index < -0.39 is 5.60 Å². The highest BCUT2D eigenvalue weighted by molar-refractivity contribution is 5.41. The molecule has 0 bridgehead atoms. The van der Waals surface area contributed by atoms with Crippen LogP contribution in [0.3, 0.4) is 0 Å². The lowest BCUT2D eigenvalue weighted by Gasteiger charge is -2.18. The average Bonchev–Trinajstić information content (AvgIpc) is 2.67. The van der Waals surface area contributed by atoms with E-state index in [9.17, 15) is 5.11 Å². The number of hydrogen-bond acceptors (Lipinski definition) is 4. The molecule has 0 amide bonds. The molecule has 0 saturated carbocycles. The Bertz CT molecular complexity index is 376. The van der Waals surface area contributed by atoms with Gasteiger partial charge in [-0.1, -0.05) is 0 Å². The highest BCUT2D eigenvalue weighted by Gasteiger charge is 2.30. The molecule has 1 aliphatic rings.